The third-order valence-electron chi connectivity index (χ3n) is 4.17. The van der Waals surface area contributed by atoms with Gasteiger partial charge in [0, 0.05) is 10.6 Å². The lowest BCUT2D eigenvalue weighted by atomic mass is 9.86. The van der Waals surface area contributed by atoms with Crippen LogP contribution in [0.3, 0.4) is 0 Å². The van der Waals surface area contributed by atoms with E-state index in [4.69, 9.17) is 0 Å². The van der Waals surface area contributed by atoms with Crippen molar-refractivity contribution in [1.29, 1.82) is 0 Å². The zero-order valence-corrected chi connectivity index (χ0v) is 15.1. The second-order valence-electron chi connectivity index (χ2n) is 6.41. The first-order valence-corrected chi connectivity index (χ1v) is 9.41. The van der Waals surface area contributed by atoms with Gasteiger partial charge in [0.15, 0.2) is 0 Å². The van der Waals surface area contributed by atoms with E-state index >= 15 is 0 Å². The first-order chi connectivity index (χ1) is 10.6. The van der Waals surface area contributed by atoms with Crippen molar-refractivity contribution in [3.05, 3.63) is 65.2 Å². The fourth-order valence-electron chi connectivity index (χ4n) is 2.94. The third-order valence-corrected chi connectivity index (χ3v) is 5.26. The number of thioether (sulfide) groups is 1. The molecule has 0 spiro atoms. The van der Waals surface area contributed by atoms with Crippen LogP contribution in [0.1, 0.15) is 69.1 Å². The first-order valence-electron chi connectivity index (χ1n) is 8.42. The van der Waals surface area contributed by atoms with Crippen LogP contribution >= 0.6 is 11.8 Å². The third kappa shape index (κ3) is 4.64. The molecule has 118 valence electrons. The summed E-state index contributed by atoms with van der Waals surface area (Å²) in [5, 5.41) is 0. The molecule has 0 bridgehead atoms. The van der Waals surface area contributed by atoms with E-state index in [0.717, 1.165) is 5.75 Å². The SMILES string of the molecule is CCCC(C)c1cc(CSc2ccccc2)ccc1C(C)C. The van der Waals surface area contributed by atoms with Crippen molar-refractivity contribution in [2.24, 2.45) is 0 Å². The van der Waals surface area contributed by atoms with Gasteiger partial charge in [0.2, 0.25) is 0 Å². The molecular formula is C21H28S. The van der Waals surface area contributed by atoms with Crippen LogP contribution in [0.15, 0.2) is 53.4 Å². The summed E-state index contributed by atoms with van der Waals surface area (Å²) in [5.74, 6) is 2.31. The molecule has 0 radical (unpaired) electrons. The minimum atomic E-state index is 0.602. The van der Waals surface area contributed by atoms with Crippen LogP contribution in [-0.2, 0) is 5.75 Å². The summed E-state index contributed by atoms with van der Waals surface area (Å²) < 4.78 is 0. The van der Waals surface area contributed by atoms with E-state index in [1.165, 1.54) is 28.9 Å². The molecule has 2 aromatic rings. The van der Waals surface area contributed by atoms with Crippen LogP contribution in [0, 0.1) is 0 Å². The minimum absolute atomic E-state index is 0.602. The maximum atomic E-state index is 2.45. The lowest BCUT2D eigenvalue weighted by Gasteiger charge is -2.20. The number of hydrogen-bond donors (Lipinski definition) is 0. The van der Waals surface area contributed by atoms with E-state index in [1.807, 2.05) is 11.8 Å². The van der Waals surface area contributed by atoms with Gasteiger partial charge in [-0.15, -0.1) is 11.8 Å². The molecule has 0 aliphatic rings. The molecule has 1 heteroatoms. The van der Waals surface area contributed by atoms with Crippen LogP contribution in [0.5, 0.6) is 0 Å². The molecule has 2 aromatic carbocycles. The Kier molecular flexibility index (Phi) is 6.57. The molecule has 0 fully saturated rings. The molecule has 0 saturated carbocycles. The normalized spacial score (nSPS) is 12.6. The van der Waals surface area contributed by atoms with Crippen LogP contribution in [0.25, 0.3) is 0 Å². The Balaban J connectivity index is 2.17. The van der Waals surface area contributed by atoms with Crippen molar-refractivity contribution in [3.8, 4) is 0 Å². The molecule has 0 aliphatic heterocycles. The van der Waals surface area contributed by atoms with E-state index in [1.54, 1.807) is 5.56 Å². The first kappa shape index (κ1) is 17.1. The molecule has 0 N–H and O–H groups in total. The van der Waals surface area contributed by atoms with Crippen molar-refractivity contribution in [2.75, 3.05) is 0 Å². The Labute approximate surface area is 140 Å². The van der Waals surface area contributed by atoms with Gasteiger partial charge in [0.25, 0.3) is 0 Å². The highest BCUT2D eigenvalue weighted by Crippen LogP contribution is 2.32. The molecule has 0 nitrogen and oxygen atoms in total. The maximum absolute atomic E-state index is 2.45. The average Bonchev–Trinajstić information content (AvgIpc) is 2.53. The van der Waals surface area contributed by atoms with E-state index < -0.39 is 0 Å². The molecular weight excluding hydrogens is 284 g/mol. The van der Waals surface area contributed by atoms with Gasteiger partial charge in [0.05, 0.1) is 0 Å². The summed E-state index contributed by atoms with van der Waals surface area (Å²) in [5.41, 5.74) is 4.52. The van der Waals surface area contributed by atoms with E-state index in [9.17, 15) is 0 Å². The quantitative estimate of drug-likeness (QED) is 0.496. The van der Waals surface area contributed by atoms with Gasteiger partial charge in [-0.2, -0.15) is 0 Å². The van der Waals surface area contributed by atoms with E-state index in [2.05, 4.69) is 76.2 Å². The highest BCUT2D eigenvalue weighted by Gasteiger charge is 2.13. The van der Waals surface area contributed by atoms with Crippen molar-refractivity contribution in [2.45, 2.75) is 63.0 Å². The van der Waals surface area contributed by atoms with Crippen molar-refractivity contribution < 1.29 is 0 Å². The molecule has 2 rings (SSSR count). The molecule has 0 saturated heterocycles. The van der Waals surface area contributed by atoms with Crippen molar-refractivity contribution in [1.82, 2.24) is 0 Å². The van der Waals surface area contributed by atoms with Crippen LogP contribution in [-0.4, -0.2) is 0 Å². The predicted octanol–water partition coefficient (Wildman–Crippen LogP) is 7.01. The van der Waals surface area contributed by atoms with Gasteiger partial charge in [0.1, 0.15) is 0 Å². The fourth-order valence-corrected chi connectivity index (χ4v) is 3.80. The monoisotopic (exact) mass is 312 g/mol. The summed E-state index contributed by atoms with van der Waals surface area (Å²) >= 11 is 1.92. The fraction of sp³-hybridized carbons (Fsp3) is 0.429. The smallest absolute Gasteiger partial charge is 0.0232 e. The zero-order valence-electron chi connectivity index (χ0n) is 14.3. The van der Waals surface area contributed by atoms with Crippen molar-refractivity contribution in [3.63, 3.8) is 0 Å². The van der Waals surface area contributed by atoms with Crippen LogP contribution in [0.4, 0.5) is 0 Å². The average molecular weight is 313 g/mol. The van der Waals surface area contributed by atoms with Crippen LogP contribution < -0.4 is 0 Å². The second kappa shape index (κ2) is 8.43. The van der Waals surface area contributed by atoms with E-state index in [0.29, 0.717) is 11.8 Å². The summed E-state index contributed by atoms with van der Waals surface area (Å²) in [6.45, 7) is 9.26. The van der Waals surface area contributed by atoms with Crippen molar-refractivity contribution >= 4 is 11.8 Å². The Morgan fingerprint density at radius 2 is 1.64 bits per heavy atom. The van der Waals surface area contributed by atoms with Gasteiger partial charge in [-0.05, 0) is 47.1 Å². The highest BCUT2D eigenvalue weighted by atomic mass is 32.2. The lowest BCUT2D eigenvalue weighted by Crippen LogP contribution is -2.02. The Bertz CT molecular complexity index is 572. The van der Waals surface area contributed by atoms with Gasteiger partial charge in [-0.25, -0.2) is 0 Å². The molecule has 1 atom stereocenters. The summed E-state index contributed by atoms with van der Waals surface area (Å²) in [4.78, 5) is 1.35. The van der Waals surface area contributed by atoms with Gasteiger partial charge in [-0.1, -0.05) is 70.5 Å². The van der Waals surface area contributed by atoms with E-state index in [-0.39, 0.29) is 0 Å². The van der Waals surface area contributed by atoms with Gasteiger partial charge < -0.3 is 0 Å². The molecule has 0 aromatic heterocycles. The lowest BCUT2D eigenvalue weighted by molar-refractivity contribution is 0.650. The number of benzene rings is 2. The summed E-state index contributed by atoms with van der Waals surface area (Å²) in [6.07, 6.45) is 2.52. The molecule has 0 aliphatic carbocycles. The number of hydrogen-bond acceptors (Lipinski definition) is 1. The van der Waals surface area contributed by atoms with Crippen LogP contribution in [0.2, 0.25) is 0 Å². The largest absolute Gasteiger partial charge is 0.121 e. The van der Waals surface area contributed by atoms with Gasteiger partial charge >= 0.3 is 0 Å². The van der Waals surface area contributed by atoms with Gasteiger partial charge in [-0.3, -0.25) is 0 Å². The topological polar surface area (TPSA) is 0 Å². The molecule has 22 heavy (non-hydrogen) atoms. The molecule has 1 unspecified atom stereocenters. The minimum Gasteiger partial charge on any atom is -0.121 e. The standard InChI is InChI=1S/C21H28S/c1-5-9-17(4)21-14-18(12-13-20(21)16(2)3)15-22-19-10-7-6-8-11-19/h6-8,10-14,16-17H,5,9,15H2,1-4H3. The summed E-state index contributed by atoms with van der Waals surface area (Å²) in [7, 11) is 0. The highest BCUT2D eigenvalue weighted by molar-refractivity contribution is 7.98. The predicted molar refractivity (Wildman–Crippen MR) is 99.9 cm³/mol. The zero-order chi connectivity index (χ0) is 15.9. The number of rotatable bonds is 7. The maximum Gasteiger partial charge on any atom is 0.0232 e. The molecule has 0 heterocycles. The molecule has 0 amide bonds. The Hall–Kier alpha value is -1.21. The second-order valence-corrected chi connectivity index (χ2v) is 7.46. The Morgan fingerprint density at radius 1 is 0.909 bits per heavy atom. The Morgan fingerprint density at radius 3 is 2.27 bits per heavy atom. The summed E-state index contributed by atoms with van der Waals surface area (Å²) in [6, 6.07) is 17.8.